The lowest BCUT2D eigenvalue weighted by Gasteiger charge is -2.19. The molecule has 1 atom stereocenters. The van der Waals surface area contributed by atoms with Gasteiger partial charge in [-0.1, -0.05) is 0 Å². The van der Waals surface area contributed by atoms with Crippen molar-refractivity contribution in [2.45, 2.75) is 13.2 Å². The summed E-state index contributed by atoms with van der Waals surface area (Å²) in [7, 11) is -3.74. The largest absolute Gasteiger partial charge is 0.416 e. The number of nitrogens with zero attached hydrogens (tertiary/aromatic N) is 2. The molecule has 2 fully saturated rings. The molecule has 0 bridgehead atoms. The molecule has 132 valence electrons. The van der Waals surface area contributed by atoms with Crippen molar-refractivity contribution in [1.82, 2.24) is 0 Å². The Labute approximate surface area is 143 Å². The van der Waals surface area contributed by atoms with Gasteiger partial charge >= 0.3 is 6.09 Å². The number of hydrogen-bond acceptors (Lipinski definition) is 7. The van der Waals surface area contributed by atoms with Crippen LogP contribution in [-0.2, 0) is 19.0 Å². The van der Waals surface area contributed by atoms with Gasteiger partial charge < -0.3 is 9.64 Å². The summed E-state index contributed by atoms with van der Waals surface area (Å²) in [4.78, 5) is 15.0. The highest BCUT2D eigenvalue weighted by Crippen LogP contribution is 2.30. The third kappa shape index (κ3) is 3.60. The molecule has 3 rings (SSSR count). The highest BCUT2D eigenvalue weighted by molar-refractivity contribution is 7.99. The monoisotopic (exact) mass is 376 g/mol. The zero-order valence-corrected chi connectivity index (χ0v) is 14.6. The van der Waals surface area contributed by atoms with E-state index in [4.69, 9.17) is 8.92 Å². The second-order valence-corrected chi connectivity index (χ2v) is 8.26. The fourth-order valence-corrected chi connectivity index (χ4v) is 3.98. The van der Waals surface area contributed by atoms with Gasteiger partial charge in [-0.05, 0) is 25.1 Å². The number of thioether (sulfide) groups is 1. The number of rotatable bonds is 5. The Bertz CT molecular complexity index is 737. The number of hydrogen-bond donors (Lipinski definition) is 0. The van der Waals surface area contributed by atoms with E-state index >= 15 is 0 Å². The summed E-state index contributed by atoms with van der Waals surface area (Å²) >= 11 is 1.72. The molecule has 1 aromatic rings. The lowest BCUT2D eigenvalue weighted by atomic mass is 10.2. The molecule has 0 saturated carbocycles. The van der Waals surface area contributed by atoms with E-state index in [0.29, 0.717) is 11.4 Å². The maximum absolute atomic E-state index is 14.3. The predicted molar refractivity (Wildman–Crippen MR) is 89.2 cm³/mol. The molecule has 24 heavy (non-hydrogen) atoms. The summed E-state index contributed by atoms with van der Waals surface area (Å²) in [5, 5.41) is 0. The van der Waals surface area contributed by atoms with Gasteiger partial charge in [-0.15, -0.1) is 11.8 Å². The Morgan fingerprint density at radius 3 is 2.88 bits per heavy atom. The predicted octanol–water partition coefficient (Wildman–Crippen LogP) is 1.99. The molecular formula is C14H17FN2O5S2. The van der Waals surface area contributed by atoms with Gasteiger partial charge in [0.05, 0.1) is 29.5 Å². The van der Waals surface area contributed by atoms with Gasteiger partial charge in [0.2, 0.25) is 6.29 Å². The summed E-state index contributed by atoms with van der Waals surface area (Å²) < 4.78 is 46.9. The number of carbonyl (C=O) groups is 1. The van der Waals surface area contributed by atoms with Crippen LogP contribution in [0.1, 0.15) is 6.92 Å². The Kier molecular flexibility index (Phi) is 4.88. The molecule has 1 amide bonds. The molecule has 0 spiro atoms. The minimum absolute atomic E-state index is 0.115. The summed E-state index contributed by atoms with van der Waals surface area (Å²) in [6.07, 6.45) is -1.99. The highest BCUT2D eigenvalue weighted by Gasteiger charge is 2.36. The minimum Gasteiger partial charge on any atom is -0.416 e. The number of anilines is 2. The van der Waals surface area contributed by atoms with Gasteiger partial charge in [-0.2, -0.15) is 8.42 Å². The topological polar surface area (TPSA) is 76.2 Å². The second kappa shape index (κ2) is 6.77. The molecule has 1 aromatic carbocycles. The lowest BCUT2D eigenvalue weighted by molar-refractivity contribution is 0.0109. The number of benzene rings is 1. The molecule has 7 nitrogen and oxygen atoms in total. The van der Waals surface area contributed by atoms with E-state index in [1.807, 2.05) is 4.90 Å². The van der Waals surface area contributed by atoms with Crippen molar-refractivity contribution in [2.75, 3.05) is 40.3 Å². The molecule has 0 radical (unpaired) electrons. The first-order valence-electron chi connectivity index (χ1n) is 7.41. The second-order valence-electron chi connectivity index (χ2n) is 5.30. The summed E-state index contributed by atoms with van der Waals surface area (Å²) in [6.45, 7) is 2.09. The van der Waals surface area contributed by atoms with E-state index in [2.05, 4.69) is 0 Å². The first kappa shape index (κ1) is 17.3. The van der Waals surface area contributed by atoms with Crippen LogP contribution < -0.4 is 9.80 Å². The maximum Gasteiger partial charge on any atom is 0.416 e. The first-order valence-corrected chi connectivity index (χ1v) is 10.1. The van der Waals surface area contributed by atoms with Gasteiger partial charge in [0, 0.05) is 12.3 Å². The summed E-state index contributed by atoms with van der Waals surface area (Å²) in [6, 6.07) is 4.47. The quantitative estimate of drug-likeness (QED) is 0.728. The van der Waals surface area contributed by atoms with Crippen LogP contribution >= 0.6 is 11.8 Å². The van der Waals surface area contributed by atoms with Crippen LogP contribution in [0.3, 0.4) is 0 Å². The fourth-order valence-electron chi connectivity index (χ4n) is 2.45. The van der Waals surface area contributed by atoms with Gasteiger partial charge in [-0.3, -0.25) is 4.90 Å². The number of halogens is 1. The van der Waals surface area contributed by atoms with E-state index in [0.717, 1.165) is 23.1 Å². The molecule has 10 heteroatoms. The van der Waals surface area contributed by atoms with Crippen LogP contribution in [0.4, 0.5) is 20.6 Å². The third-order valence-electron chi connectivity index (χ3n) is 3.73. The van der Waals surface area contributed by atoms with Crippen molar-refractivity contribution in [3.63, 3.8) is 0 Å². The van der Waals surface area contributed by atoms with Gasteiger partial charge in [0.15, 0.2) is 0 Å². The Hall–Kier alpha value is -1.52. The average molecular weight is 376 g/mol. The highest BCUT2D eigenvalue weighted by atomic mass is 32.2. The molecular weight excluding hydrogens is 359 g/mol. The standard InChI is InChI=1S/C14H17FN2O5S2/c1-2-24(19,20)22-13-8-17(14(18)21-13)10-3-4-12(11(15)7-10)16-5-6-23-9-16/h3-4,7,13H,2,5-6,8-9H2,1H3. The zero-order chi connectivity index (χ0) is 17.3. The Balaban J connectivity index is 1.74. The van der Waals surface area contributed by atoms with Crippen LogP contribution in [0.15, 0.2) is 18.2 Å². The number of carbonyl (C=O) groups excluding carboxylic acids is 1. The van der Waals surface area contributed by atoms with Crippen LogP contribution in [0.25, 0.3) is 0 Å². The zero-order valence-electron chi connectivity index (χ0n) is 13.0. The smallest absolute Gasteiger partial charge is 0.416 e. The average Bonchev–Trinajstić information content (AvgIpc) is 3.16. The van der Waals surface area contributed by atoms with E-state index in [9.17, 15) is 17.6 Å². The van der Waals surface area contributed by atoms with Crippen molar-refractivity contribution < 1.29 is 26.5 Å². The molecule has 1 unspecified atom stereocenters. The first-order chi connectivity index (χ1) is 11.4. The summed E-state index contributed by atoms with van der Waals surface area (Å²) in [5.41, 5.74) is 0.783. The Morgan fingerprint density at radius 1 is 1.46 bits per heavy atom. The molecule has 0 N–H and O–H groups in total. The maximum atomic E-state index is 14.3. The minimum atomic E-state index is -3.74. The molecule has 2 aliphatic rings. The number of amides is 1. The molecule has 2 aliphatic heterocycles. The fraction of sp³-hybridized carbons (Fsp3) is 0.500. The number of cyclic esters (lactones) is 1. The van der Waals surface area contributed by atoms with E-state index < -0.39 is 28.3 Å². The molecule has 0 aromatic heterocycles. The van der Waals surface area contributed by atoms with Crippen molar-refractivity contribution in [3.8, 4) is 0 Å². The molecule has 2 heterocycles. The normalized spacial score (nSPS) is 21.4. The SMILES string of the molecule is CCS(=O)(=O)OC1CN(c2ccc(N3CCSC3)c(F)c2)C(=O)O1. The third-order valence-corrected chi connectivity index (χ3v) is 5.91. The van der Waals surface area contributed by atoms with Gasteiger partial charge in [-0.25, -0.2) is 13.4 Å². The van der Waals surface area contributed by atoms with Crippen molar-refractivity contribution >= 4 is 39.3 Å². The van der Waals surface area contributed by atoms with Crippen LogP contribution in [0.5, 0.6) is 0 Å². The van der Waals surface area contributed by atoms with Crippen molar-refractivity contribution in [1.29, 1.82) is 0 Å². The van der Waals surface area contributed by atoms with E-state index in [1.54, 1.807) is 23.9 Å². The van der Waals surface area contributed by atoms with Crippen LogP contribution in [0, 0.1) is 5.82 Å². The lowest BCUT2D eigenvalue weighted by Crippen LogP contribution is -2.27. The molecule has 0 aliphatic carbocycles. The summed E-state index contributed by atoms with van der Waals surface area (Å²) in [5.74, 6) is 1.02. The van der Waals surface area contributed by atoms with Crippen LogP contribution in [0.2, 0.25) is 0 Å². The van der Waals surface area contributed by atoms with Gasteiger partial charge in [0.25, 0.3) is 10.1 Å². The van der Waals surface area contributed by atoms with Gasteiger partial charge in [0.1, 0.15) is 5.82 Å². The van der Waals surface area contributed by atoms with Crippen molar-refractivity contribution in [3.05, 3.63) is 24.0 Å². The Morgan fingerprint density at radius 2 is 2.25 bits per heavy atom. The van der Waals surface area contributed by atoms with E-state index in [1.165, 1.54) is 13.0 Å². The van der Waals surface area contributed by atoms with Crippen LogP contribution in [-0.4, -0.2) is 51.3 Å². The molecule has 2 saturated heterocycles. The van der Waals surface area contributed by atoms with Crippen molar-refractivity contribution in [2.24, 2.45) is 0 Å². The number of ether oxygens (including phenoxy) is 1. The van der Waals surface area contributed by atoms with E-state index in [-0.39, 0.29) is 12.3 Å².